The van der Waals surface area contributed by atoms with Crippen molar-refractivity contribution in [3.8, 4) is 0 Å². The third kappa shape index (κ3) is 3.76. The molecule has 0 radical (unpaired) electrons. The van der Waals surface area contributed by atoms with Crippen LogP contribution in [0.15, 0.2) is 24.3 Å². The Labute approximate surface area is 109 Å². The van der Waals surface area contributed by atoms with Crippen LogP contribution in [-0.4, -0.2) is 12.2 Å². The van der Waals surface area contributed by atoms with Crippen LogP contribution < -0.4 is 5.32 Å². The number of hydrogen-bond donors (Lipinski definition) is 1. The maximum absolute atomic E-state index is 11.7. The van der Waals surface area contributed by atoms with Crippen molar-refractivity contribution in [1.82, 2.24) is 0 Å². The molecule has 0 bridgehead atoms. The minimum absolute atomic E-state index is 0.0889. The van der Waals surface area contributed by atoms with E-state index < -0.39 is 0 Å². The zero-order valence-corrected chi connectivity index (χ0v) is 11.1. The molecular formula is C15H21NO2. The molecule has 0 atom stereocenters. The van der Waals surface area contributed by atoms with Gasteiger partial charge in [-0.2, -0.15) is 0 Å². The molecule has 2 rings (SSSR count). The van der Waals surface area contributed by atoms with Crippen molar-refractivity contribution in [2.24, 2.45) is 5.92 Å². The van der Waals surface area contributed by atoms with Crippen LogP contribution in [0.5, 0.6) is 0 Å². The number of ether oxygens (including phenoxy) is 1. The van der Waals surface area contributed by atoms with Gasteiger partial charge in [-0.15, -0.1) is 0 Å². The van der Waals surface area contributed by atoms with Crippen LogP contribution in [0.25, 0.3) is 0 Å². The molecule has 18 heavy (non-hydrogen) atoms. The lowest BCUT2D eigenvalue weighted by atomic mass is 9.89. The summed E-state index contributed by atoms with van der Waals surface area (Å²) in [6.45, 7) is 4.25. The molecule has 1 fully saturated rings. The first kappa shape index (κ1) is 12.9. The van der Waals surface area contributed by atoms with E-state index >= 15 is 0 Å². The van der Waals surface area contributed by atoms with E-state index in [1.54, 1.807) is 0 Å². The van der Waals surface area contributed by atoms with E-state index in [-0.39, 0.29) is 12.2 Å². The third-order valence-electron chi connectivity index (χ3n) is 3.50. The molecule has 0 spiro atoms. The van der Waals surface area contributed by atoms with Crippen LogP contribution >= 0.6 is 0 Å². The standard InChI is InChI=1S/C15H21NO2/c1-11-6-8-14(9-7-11)18-15(17)16-13-5-3-4-12(2)10-13/h3-5,10-11,14H,6-9H2,1-2H3,(H,16,17). The number of benzene rings is 1. The van der Waals surface area contributed by atoms with Gasteiger partial charge in [0.15, 0.2) is 0 Å². The van der Waals surface area contributed by atoms with E-state index in [0.717, 1.165) is 42.9 Å². The molecule has 1 aromatic rings. The van der Waals surface area contributed by atoms with Gasteiger partial charge < -0.3 is 4.74 Å². The fourth-order valence-electron chi connectivity index (χ4n) is 2.37. The van der Waals surface area contributed by atoms with Gasteiger partial charge in [0.1, 0.15) is 6.10 Å². The van der Waals surface area contributed by atoms with Gasteiger partial charge in [-0.1, -0.05) is 19.1 Å². The Kier molecular flexibility index (Phi) is 4.24. The molecule has 1 aliphatic rings. The number of anilines is 1. The number of rotatable bonds is 2. The van der Waals surface area contributed by atoms with Crippen molar-refractivity contribution in [1.29, 1.82) is 0 Å². The fourth-order valence-corrected chi connectivity index (χ4v) is 2.37. The Morgan fingerprint density at radius 3 is 2.67 bits per heavy atom. The zero-order chi connectivity index (χ0) is 13.0. The molecule has 1 N–H and O–H groups in total. The summed E-state index contributed by atoms with van der Waals surface area (Å²) in [7, 11) is 0. The summed E-state index contributed by atoms with van der Waals surface area (Å²) in [4.78, 5) is 11.7. The van der Waals surface area contributed by atoms with Crippen molar-refractivity contribution >= 4 is 11.8 Å². The monoisotopic (exact) mass is 247 g/mol. The van der Waals surface area contributed by atoms with Gasteiger partial charge in [0.25, 0.3) is 0 Å². The number of carbonyl (C=O) groups excluding carboxylic acids is 1. The van der Waals surface area contributed by atoms with E-state index in [2.05, 4.69) is 12.2 Å². The Balaban J connectivity index is 1.82. The second-order valence-corrected chi connectivity index (χ2v) is 5.28. The predicted octanol–water partition coefficient (Wildman–Crippen LogP) is 4.12. The van der Waals surface area contributed by atoms with Gasteiger partial charge in [-0.25, -0.2) is 4.79 Å². The molecule has 3 heteroatoms. The maximum Gasteiger partial charge on any atom is 0.411 e. The Hall–Kier alpha value is -1.51. The molecule has 0 heterocycles. The smallest absolute Gasteiger partial charge is 0.411 e. The van der Waals surface area contributed by atoms with E-state index in [1.807, 2.05) is 31.2 Å². The number of aryl methyl sites for hydroxylation is 1. The van der Waals surface area contributed by atoms with Crippen molar-refractivity contribution in [3.63, 3.8) is 0 Å². The number of carbonyl (C=O) groups is 1. The highest BCUT2D eigenvalue weighted by Crippen LogP contribution is 2.25. The van der Waals surface area contributed by atoms with E-state index in [1.165, 1.54) is 0 Å². The van der Waals surface area contributed by atoms with Crippen LogP contribution in [-0.2, 0) is 4.74 Å². The second kappa shape index (κ2) is 5.89. The summed E-state index contributed by atoms with van der Waals surface area (Å²) in [6, 6.07) is 7.73. The summed E-state index contributed by atoms with van der Waals surface area (Å²) in [5.41, 5.74) is 1.92. The van der Waals surface area contributed by atoms with Crippen LogP contribution in [0, 0.1) is 12.8 Å². The van der Waals surface area contributed by atoms with Crippen molar-refractivity contribution in [3.05, 3.63) is 29.8 Å². The Morgan fingerprint density at radius 2 is 2.00 bits per heavy atom. The number of nitrogens with one attached hydrogen (secondary N) is 1. The summed E-state index contributed by atoms with van der Waals surface area (Å²) < 4.78 is 5.43. The van der Waals surface area contributed by atoms with Crippen LogP contribution in [0.4, 0.5) is 10.5 Å². The van der Waals surface area contributed by atoms with E-state index in [0.29, 0.717) is 0 Å². The third-order valence-corrected chi connectivity index (χ3v) is 3.50. The minimum atomic E-state index is -0.333. The highest BCUT2D eigenvalue weighted by Gasteiger charge is 2.21. The molecule has 0 aliphatic heterocycles. The molecular weight excluding hydrogens is 226 g/mol. The van der Waals surface area contributed by atoms with Gasteiger partial charge in [-0.05, 0) is 56.2 Å². The quantitative estimate of drug-likeness (QED) is 0.853. The molecule has 0 unspecified atom stereocenters. The lowest BCUT2D eigenvalue weighted by molar-refractivity contribution is 0.0765. The lowest BCUT2D eigenvalue weighted by Gasteiger charge is -2.25. The van der Waals surface area contributed by atoms with Crippen LogP contribution in [0.2, 0.25) is 0 Å². The minimum Gasteiger partial charge on any atom is -0.446 e. The summed E-state index contributed by atoms with van der Waals surface area (Å²) in [6.07, 6.45) is 4.04. The van der Waals surface area contributed by atoms with Gasteiger partial charge in [0, 0.05) is 5.69 Å². The predicted molar refractivity (Wildman–Crippen MR) is 72.7 cm³/mol. The van der Waals surface area contributed by atoms with Gasteiger partial charge in [0.05, 0.1) is 0 Å². The molecule has 0 aromatic heterocycles. The molecule has 0 saturated heterocycles. The van der Waals surface area contributed by atoms with E-state index in [4.69, 9.17) is 4.74 Å². The average Bonchev–Trinajstić information content (AvgIpc) is 2.32. The first-order valence-electron chi connectivity index (χ1n) is 6.68. The van der Waals surface area contributed by atoms with Gasteiger partial charge in [-0.3, -0.25) is 5.32 Å². The summed E-state index contributed by atoms with van der Waals surface area (Å²) in [5, 5.41) is 2.78. The van der Waals surface area contributed by atoms with E-state index in [9.17, 15) is 4.79 Å². The first-order chi connectivity index (χ1) is 8.63. The molecule has 1 amide bonds. The fraction of sp³-hybridized carbons (Fsp3) is 0.533. The number of hydrogen-bond acceptors (Lipinski definition) is 2. The molecule has 3 nitrogen and oxygen atoms in total. The van der Waals surface area contributed by atoms with Crippen LogP contribution in [0.1, 0.15) is 38.2 Å². The number of amides is 1. The van der Waals surface area contributed by atoms with Crippen molar-refractivity contribution in [2.75, 3.05) is 5.32 Å². The molecule has 1 aliphatic carbocycles. The Bertz CT molecular complexity index is 409. The SMILES string of the molecule is Cc1cccc(NC(=O)OC2CCC(C)CC2)c1. The largest absolute Gasteiger partial charge is 0.446 e. The highest BCUT2D eigenvalue weighted by molar-refractivity contribution is 5.84. The second-order valence-electron chi connectivity index (χ2n) is 5.28. The highest BCUT2D eigenvalue weighted by atomic mass is 16.6. The normalized spacial score (nSPS) is 23.4. The molecule has 98 valence electrons. The maximum atomic E-state index is 11.7. The first-order valence-corrected chi connectivity index (χ1v) is 6.68. The average molecular weight is 247 g/mol. The van der Waals surface area contributed by atoms with Crippen LogP contribution in [0.3, 0.4) is 0 Å². The lowest BCUT2D eigenvalue weighted by Crippen LogP contribution is -2.26. The Morgan fingerprint density at radius 1 is 1.28 bits per heavy atom. The van der Waals surface area contributed by atoms with Gasteiger partial charge in [0.2, 0.25) is 0 Å². The van der Waals surface area contributed by atoms with Gasteiger partial charge >= 0.3 is 6.09 Å². The molecule has 1 aromatic carbocycles. The topological polar surface area (TPSA) is 38.3 Å². The molecule has 1 saturated carbocycles. The van der Waals surface area contributed by atoms with Crippen molar-refractivity contribution < 1.29 is 9.53 Å². The van der Waals surface area contributed by atoms with Crippen molar-refractivity contribution in [2.45, 2.75) is 45.6 Å². The summed E-state index contributed by atoms with van der Waals surface area (Å²) in [5.74, 6) is 0.768. The zero-order valence-electron chi connectivity index (χ0n) is 11.1. The summed E-state index contributed by atoms with van der Waals surface area (Å²) >= 11 is 0.